The summed E-state index contributed by atoms with van der Waals surface area (Å²) in [4.78, 5) is 109. The molecule has 0 aliphatic carbocycles. The smallest absolute Gasteiger partial charge is 0.394 e. The van der Waals surface area contributed by atoms with Crippen LogP contribution in [0.1, 0.15) is 96.7 Å². The van der Waals surface area contributed by atoms with Gasteiger partial charge in [-0.25, -0.2) is 9.13 Å². The Morgan fingerprint density at radius 1 is 0.869 bits per heavy atom. The first-order chi connectivity index (χ1) is 28.8. The molecule has 1 aliphatic heterocycles. The van der Waals surface area contributed by atoms with E-state index in [9.17, 15) is 48.6 Å². The number of primary amides is 1. The minimum absolute atomic E-state index is 0.0647. The summed E-state index contributed by atoms with van der Waals surface area (Å²) < 4.78 is 8.43. The van der Waals surface area contributed by atoms with E-state index < -0.39 is 80.6 Å². The zero-order valence-electron chi connectivity index (χ0n) is 36.0. The number of hydrogen-bond donors (Lipinski definition) is 9. The molecule has 20 heteroatoms. The maximum atomic E-state index is 14.1. The topological polar surface area (TPSA) is 279 Å². The predicted molar refractivity (Wildman–Crippen MR) is 225 cm³/mol. The second-order valence-corrected chi connectivity index (χ2v) is 17.5. The molecule has 1 aromatic carbocycles. The summed E-state index contributed by atoms with van der Waals surface area (Å²) in [7, 11) is -3.03. The molecule has 6 atom stereocenters. The van der Waals surface area contributed by atoms with Gasteiger partial charge in [-0.05, 0) is 63.4 Å². The highest BCUT2D eigenvalue weighted by Gasteiger charge is 2.42. The Bertz CT molecular complexity index is 1760. The van der Waals surface area contributed by atoms with E-state index in [4.69, 9.17) is 5.73 Å². The van der Waals surface area contributed by atoms with E-state index in [2.05, 4.69) is 37.9 Å². The number of aromatic nitrogens is 2. The lowest BCUT2D eigenvalue weighted by molar-refractivity contribution is -0.671. The molecule has 1 aromatic heterocycles. The van der Waals surface area contributed by atoms with Gasteiger partial charge >= 0.3 is 8.17 Å². The van der Waals surface area contributed by atoms with Crippen LogP contribution in [-0.2, 0) is 59.7 Å². The molecular formula is C41H67N8O11P+2. The third kappa shape index (κ3) is 17.4. The number of nitrogens with one attached hydrogen (secondary N) is 4. The van der Waals surface area contributed by atoms with E-state index in [-0.39, 0.29) is 24.7 Å². The van der Waals surface area contributed by atoms with E-state index in [1.807, 2.05) is 54.6 Å². The summed E-state index contributed by atoms with van der Waals surface area (Å²) in [5.41, 5.74) is 7.39. The highest BCUT2D eigenvalue weighted by atomic mass is 31.2. The van der Waals surface area contributed by atoms with E-state index >= 15 is 0 Å². The number of amides is 6. The first kappa shape index (κ1) is 50.8. The van der Waals surface area contributed by atoms with Crippen molar-refractivity contribution in [3.05, 3.63) is 54.1 Å². The first-order valence-corrected chi connectivity index (χ1v) is 22.6. The molecule has 1 aliphatic rings. The first-order valence-electron chi connectivity index (χ1n) is 21.0. The van der Waals surface area contributed by atoms with Crippen LogP contribution in [0, 0.1) is 5.92 Å². The number of aryl methyl sites for hydroxylation is 3. The molecule has 2 heterocycles. The lowest BCUT2D eigenvalue weighted by Crippen LogP contribution is -2.61. The molecule has 6 amide bonds. The van der Waals surface area contributed by atoms with Crippen LogP contribution in [-0.4, -0.2) is 114 Å². The Labute approximate surface area is 358 Å². The van der Waals surface area contributed by atoms with Gasteiger partial charge in [0.2, 0.25) is 41.8 Å². The van der Waals surface area contributed by atoms with E-state index in [1.54, 1.807) is 6.20 Å². The summed E-state index contributed by atoms with van der Waals surface area (Å²) in [6.07, 6.45) is 10.6. The number of aliphatic hydroxyl groups excluding tert-OH is 1. The molecule has 0 radical (unpaired) electrons. The standard InChI is InChI=1S/C41H65N8O11P/c1-27(2)22-32(44-41(56)35-19-15-21-49(35)29(4)51)38(53)43-33(39(54)45-34(25-50)40(55)46-36(37(42)52)28(3)60-61(57,58)59)23-31-24-47(5)26-48(31)20-14-9-7-6-8-11-16-30-17-12-10-13-18-30/h10,12-13,17-18,24,26-28,32-36,50,57-59H,6-9,11,14-16,19-23,25H2,1-5H3,(H4-2,42,43,44,45,46,52,53,54,55,56)/p+2/t28-,32+,33+,34+,35+,36+/m1/s1. The number of unbranched alkanes of at least 4 members (excludes halogenated alkanes) is 5. The van der Waals surface area contributed by atoms with Crippen molar-refractivity contribution in [2.24, 2.45) is 18.7 Å². The molecule has 61 heavy (non-hydrogen) atoms. The van der Waals surface area contributed by atoms with Crippen LogP contribution >= 0.6 is 8.17 Å². The molecule has 19 nitrogen and oxygen atoms in total. The molecule has 1 fully saturated rings. The zero-order valence-corrected chi connectivity index (χ0v) is 36.9. The lowest BCUT2D eigenvalue weighted by Gasteiger charge is -2.28. The second kappa shape index (κ2) is 24.8. The highest BCUT2D eigenvalue weighted by molar-refractivity contribution is 7.53. The van der Waals surface area contributed by atoms with Gasteiger partial charge in [-0.2, -0.15) is 14.7 Å². The van der Waals surface area contributed by atoms with Gasteiger partial charge in [0, 0.05) is 19.9 Å². The Morgan fingerprint density at radius 2 is 1.48 bits per heavy atom. The van der Waals surface area contributed by atoms with Crippen molar-refractivity contribution in [1.29, 1.82) is 0 Å². The van der Waals surface area contributed by atoms with Crippen molar-refractivity contribution in [3.8, 4) is 0 Å². The minimum atomic E-state index is -4.86. The lowest BCUT2D eigenvalue weighted by atomic mass is 10.0. The maximum absolute atomic E-state index is 14.1. The fraction of sp³-hybridized carbons (Fsp3) is 0.634. The minimum Gasteiger partial charge on any atom is -0.394 e. The van der Waals surface area contributed by atoms with Crippen LogP contribution in [0.2, 0.25) is 0 Å². The van der Waals surface area contributed by atoms with Crippen LogP contribution in [0.5, 0.6) is 0 Å². The molecule has 2 aromatic rings. The monoisotopic (exact) mass is 878 g/mol. The molecule has 3 rings (SSSR count). The van der Waals surface area contributed by atoms with Crippen LogP contribution in [0.15, 0.2) is 42.9 Å². The van der Waals surface area contributed by atoms with E-state index in [1.165, 1.54) is 17.4 Å². The summed E-state index contributed by atoms with van der Waals surface area (Å²) in [6.45, 7) is 6.32. The van der Waals surface area contributed by atoms with Crippen molar-refractivity contribution < 1.29 is 57.6 Å². The van der Waals surface area contributed by atoms with E-state index in [0.717, 1.165) is 51.9 Å². The Kier molecular flexibility index (Phi) is 20.7. The third-order valence-electron chi connectivity index (χ3n) is 10.5. The fourth-order valence-electron chi connectivity index (χ4n) is 7.47. The van der Waals surface area contributed by atoms with Gasteiger partial charge in [0.15, 0.2) is 0 Å². The number of imidazole rings is 1. The number of hydrogen-bond acceptors (Lipinski definition) is 11. The average molecular weight is 879 g/mol. The largest absolute Gasteiger partial charge is 0.567 e. The van der Waals surface area contributed by atoms with E-state index in [0.29, 0.717) is 31.6 Å². The number of carbonyl (C=O) groups is 6. The average Bonchev–Trinajstić information content (AvgIpc) is 3.82. The quantitative estimate of drug-likeness (QED) is 0.0344. The van der Waals surface area contributed by atoms with Crippen molar-refractivity contribution in [2.75, 3.05) is 13.2 Å². The molecule has 10 N–H and O–H groups in total. The van der Waals surface area contributed by atoms with Crippen molar-refractivity contribution in [2.45, 2.75) is 141 Å². The number of benzene rings is 1. The molecule has 0 spiro atoms. The number of nitrogens with zero attached hydrogens (tertiary/aromatic N) is 3. The number of likely N-dealkylation sites (tertiary alicyclic amines) is 1. The van der Waals surface area contributed by atoms with Crippen LogP contribution in [0.4, 0.5) is 0 Å². The summed E-state index contributed by atoms with van der Waals surface area (Å²) in [5.74, 6) is -4.67. The van der Waals surface area contributed by atoms with Crippen LogP contribution in [0.3, 0.4) is 0 Å². The molecule has 340 valence electrons. The molecule has 0 bridgehead atoms. The van der Waals surface area contributed by atoms with Gasteiger partial charge in [0.1, 0.15) is 48.2 Å². The van der Waals surface area contributed by atoms with Gasteiger partial charge in [0.25, 0.3) is 0 Å². The number of carbonyl (C=O) groups excluding carboxylic acids is 6. The predicted octanol–water partition coefficient (Wildman–Crippen LogP) is -0.0282. The van der Waals surface area contributed by atoms with Gasteiger partial charge in [-0.1, -0.05) is 63.4 Å². The van der Waals surface area contributed by atoms with Gasteiger partial charge < -0.3 is 37.0 Å². The number of rotatable bonds is 26. The Morgan fingerprint density at radius 3 is 2.08 bits per heavy atom. The molecular weight excluding hydrogens is 811 g/mol. The number of aliphatic hydroxyl groups is 1. The maximum Gasteiger partial charge on any atom is 0.567 e. The van der Waals surface area contributed by atoms with Gasteiger partial charge in [-0.15, -0.1) is 4.52 Å². The summed E-state index contributed by atoms with van der Waals surface area (Å²) in [6, 6.07) is 3.78. The van der Waals surface area contributed by atoms with Crippen molar-refractivity contribution >= 4 is 43.6 Å². The van der Waals surface area contributed by atoms with Crippen molar-refractivity contribution in [3.63, 3.8) is 0 Å². The summed E-state index contributed by atoms with van der Waals surface area (Å²) >= 11 is 0. The Balaban J connectivity index is 1.79. The fourth-order valence-corrected chi connectivity index (χ4v) is 8.04. The Hall–Kier alpha value is -4.52. The molecule has 0 saturated carbocycles. The second-order valence-electron chi connectivity index (χ2n) is 16.2. The zero-order chi connectivity index (χ0) is 45.3. The molecule has 0 unspecified atom stereocenters. The third-order valence-corrected chi connectivity index (χ3v) is 11.2. The van der Waals surface area contributed by atoms with Crippen molar-refractivity contribution in [1.82, 2.24) is 30.7 Å². The van der Waals surface area contributed by atoms with Crippen LogP contribution < -0.4 is 31.6 Å². The van der Waals surface area contributed by atoms with Crippen LogP contribution in [0.25, 0.3) is 0 Å². The normalized spacial score (nSPS) is 16.6. The molecule has 1 saturated heterocycles. The SMILES string of the molecule is CC(=O)N1CCC[C@H]1C(=O)N[C@@H](CC(C)C)C(=O)N[C@@H](Cc1c[n+](C)cn1CCCCCCCCc1ccccc1)C(=O)N[C@@H](CO)C(=O)N[C@H](C(N)=O)[C@@H](C)O[P+](O)(O)O. The van der Waals surface area contributed by atoms with Gasteiger partial charge in [-0.3, -0.25) is 28.8 Å². The summed E-state index contributed by atoms with van der Waals surface area (Å²) in [5, 5.41) is 20.4. The van der Waals surface area contributed by atoms with Gasteiger partial charge in [0.05, 0.1) is 20.2 Å². The number of nitrogens with two attached hydrogens (primary N) is 1. The highest BCUT2D eigenvalue weighted by Crippen LogP contribution is 2.47.